The van der Waals surface area contributed by atoms with E-state index < -0.39 is 86.6 Å². The minimum atomic E-state index is -1.63. The summed E-state index contributed by atoms with van der Waals surface area (Å²) in [5, 5.41) is 87.5. The van der Waals surface area contributed by atoms with E-state index in [2.05, 4.69) is 9.73 Å². The van der Waals surface area contributed by atoms with Gasteiger partial charge in [-0.15, -0.1) is 0 Å². The Morgan fingerprint density at radius 2 is 1.70 bits per heavy atom. The van der Waals surface area contributed by atoms with Crippen LogP contribution in [0.25, 0.3) is 0 Å². The normalized spacial score (nSPS) is 30.5. The molecule has 0 spiro atoms. The second-order valence-corrected chi connectivity index (χ2v) is 7.70. The van der Waals surface area contributed by atoms with E-state index in [9.17, 15) is 45.6 Å². The predicted octanol–water partition coefficient (Wildman–Crippen LogP) is -5.47. The number of aliphatic hydroxyl groups excluding tert-OH is 9. The molecule has 1 aliphatic rings. The van der Waals surface area contributed by atoms with Gasteiger partial charge >= 0.3 is 5.97 Å². The van der Waals surface area contributed by atoms with Crippen LogP contribution in [0.15, 0.2) is 4.99 Å². The van der Waals surface area contributed by atoms with Crippen LogP contribution in [0.5, 0.6) is 0 Å². The number of carbonyl (C=O) groups is 1. The summed E-state index contributed by atoms with van der Waals surface area (Å²) in [5.74, 6) is -2.04. The van der Waals surface area contributed by atoms with Crippen molar-refractivity contribution in [2.45, 2.75) is 61.9 Å². The second-order valence-electron chi connectivity index (χ2n) is 7.70. The van der Waals surface area contributed by atoms with Crippen molar-refractivity contribution in [1.29, 1.82) is 0 Å². The Morgan fingerprint density at radius 3 is 2.27 bits per heavy atom. The Balaban J connectivity index is 2.59. The van der Waals surface area contributed by atoms with Crippen LogP contribution < -0.4 is 0 Å². The average molecular weight is 485 g/mol. The number of ether oxygens (including phenoxy) is 3. The molecule has 1 saturated heterocycles. The average Bonchev–Trinajstić information content (AvgIpc) is 2.80. The van der Waals surface area contributed by atoms with Gasteiger partial charge in [0.2, 0.25) is 0 Å². The molecule has 0 amide bonds. The molecule has 14 heteroatoms. The summed E-state index contributed by atoms with van der Waals surface area (Å²) in [6.45, 7) is -1.15. The van der Waals surface area contributed by atoms with Crippen molar-refractivity contribution < 1.29 is 65.0 Å². The zero-order chi connectivity index (χ0) is 25.1. The Bertz CT molecular complexity index is 590. The van der Waals surface area contributed by atoms with Gasteiger partial charge in [-0.05, 0) is 6.92 Å². The molecule has 0 bridgehead atoms. The van der Waals surface area contributed by atoms with Gasteiger partial charge in [0.05, 0.1) is 45.2 Å². The standard InChI is InChI=1S/C19H35NO13/c1-9(23)19(30)32-3-2-20-4-11(24)15(26)10(12(25)5-21)7-31-8-14-17(28)18(29)16(27)13(6-22)33-14/h4,9-18,21-29H,2-3,5-8H2,1H3/t9?,10-,11?,12?,13?,14-,15-,16+,17?,18-/m1/s1. The number of carbonyl (C=O) groups excluding carboxylic acids is 1. The molecule has 1 fully saturated rings. The molecular weight excluding hydrogens is 450 g/mol. The molecule has 10 atom stereocenters. The van der Waals surface area contributed by atoms with E-state index in [4.69, 9.17) is 14.6 Å². The van der Waals surface area contributed by atoms with Crippen LogP contribution >= 0.6 is 0 Å². The van der Waals surface area contributed by atoms with Crippen LogP contribution in [0.3, 0.4) is 0 Å². The third kappa shape index (κ3) is 9.11. The summed E-state index contributed by atoms with van der Waals surface area (Å²) in [7, 11) is 0. The Kier molecular flexibility index (Phi) is 13.4. The molecule has 1 aliphatic heterocycles. The highest BCUT2D eigenvalue weighted by Gasteiger charge is 2.43. The van der Waals surface area contributed by atoms with Crippen molar-refractivity contribution in [3.05, 3.63) is 0 Å². The van der Waals surface area contributed by atoms with Crippen LogP contribution in [0.1, 0.15) is 6.92 Å². The fourth-order valence-corrected chi connectivity index (χ4v) is 3.05. The van der Waals surface area contributed by atoms with Crippen molar-refractivity contribution in [2.24, 2.45) is 10.9 Å². The number of esters is 1. The molecule has 0 radical (unpaired) electrons. The molecule has 1 rings (SSSR count). The van der Waals surface area contributed by atoms with E-state index in [-0.39, 0.29) is 19.8 Å². The van der Waals surface area contributed by atoms with E-state index in [1.165, 1.54) is 6.92 Å². The highest BCUT2D eigenvalue weighted by Crippen LogP contribution is 2.22. The van der Waals surface area contributed by atoms with Crippen molar-refractivity contribution >= 4 is 12.2 Å². The largest absolute Gasteiger partial charge is 0.462 e. The first-order valence-corrected chi connectivity index (χ1v) is 10.4. The first kappa shape index (κ1) is 29.7. The van der Waals surface area contributed by atoms with Crippen LogP contribution in [0.2, 0.25) is 0 Å². The molecule has 0 saturated carbocycles. The van der Waals surface area contributed by atoms with Gasteiger partial charge in [-0.25, -0.2) is 4.79 Å². The van der Waals surface area contributed by atoms with E-state index in [1.54, 1.807) is 0 Å². The lowest BCUT2D eigenvalue weighted by Gasteiger charge is -2.40. The van der Waals surface area contributed by atoms with Gasteiger partial charge in [-0.1, -0.05) is 0 Å². The van der Waals surface area contributed by atoms with Gasteiger partial charge in [-0.2, -0.15) is 0 Å². The Hall–Kier alpha value is -1.30. The quantitative estimate of drug-likeness (QED) is 0.0634. The van der Waals surface area contributed by atoms with Gasteiger partial charge in [-0.3, -0.25) is 4.99 Å². The maximum absolute atomic E-state index is 11.1. The SMILES string of the molecule is CC(O)C(=O)OCCN=CC(O)[C@H](O)[C@H](COC[C@H]1OC(CO)[C@H](O)[C@@H](O)C1O)C(O)CO. The summed E-state index contributed by atoms with van der Waals surface area (Å²) in [4.78, 5) is 14.9. The Labute approximate surface area is 190 Å². The minimum Gasteiger partial charge on any atom is -0.462 e. The first-order valence-electron chi connectivity index (χ1n) is 10.4. The number of hydrogen-bond donors (Lipinski definition) is 9. The van der Waals surface area contributed by atoms with Crippen LogP contribution in [-0.4, -0.2) is 153 Å². The smallest absolute Gasteiger partial charge is 0.334 e. The van der Waals surface area contributed by atoms with Gasteiger partial charge < -0.3 is 60.2 Å². The molecule has 0 aromatic rings. The van der Waals surface area contributed by atoms with Crippen molar-refractivity contribution in [3.63, 3.8) is 0 Å². The highest BCUT2D eigenvalue weighted by molar-refractivity contribution is 5.73. The first-order chi connectivity index (χ1) is 15.5. The van der Waals surface area contributed by atoms with E-state index in [1.807, 2.05) is 0 Å². The maximum Gasteiger partial charge on any atom is 0.334 e. The topological polar surface area (TPSA) is 239 Å². The molecule has 0 aromatic heterocycles. The molecule has 194 valence electrons. The fraction of sp³-hybridized carbons (Fsp3) is 0.895. The number of nitrogens with zero attached hydrogens (tertiary/aromatic N) is 1. The van der Waals surface area contributed by atoms with Crippen molar-refractivity contribution in [3.8, 4) is 0 Å². The Morgan fingerprint density at radius 1 is 1.06 bits per heavy atom. The van der Waals surface area contributed by atoms with E-state index in [0.717, 1.165) is 6.21 Å². The molecular formula is C19H35NO13. The second kappa shape index (κ2) is 14.9. The van der Waals surface area contributed by atoms with Gasteiger partial charge in [0.1, 0.15) is 49.3 Å². The summed E-state index contributed by atoms with van der Waals surface area (Å²) in [5.41, 5.74) is 0. The molecule has 33 heavy (non-hydrogen) atoms. The van der Waals surface area contributed by atoms with Crippen LogP contribution in [-0.2, 0) is 19.0 Å². The highest BCUT2D eigenvalue weighted by atomic mass is 16.6. The zero-order valence-electron chi connectivity index (χ0n) is 18.2. The zero-order valence-corrected chi connectivity index (χ0v) is 18.2. The van der Waals surface area contributed by atoms with E-state index >= 15 is 0 Å². The van der Waals surface area contributed by atoms with Gasteiger partial charge in [0, 0.05) is 12.1 Å². The van der Waals surface area contributed by atoms with Crippen LogP contribution in [0, 0.1) is 5.92 Å². The van der Waals surface area contributed by atoms with Crippen LogP contribution in [0.4, 0.5) is 0 Å². The third-order valence-corrected chi connectivity index (χ3v) is 5.12. The van der Waals surface area contributed by atoms with Gasteiger partial charge in [0.25, 0.3) is 0 Å². The van der Waals surface area contributed by atoms with Gasteiger partial charge in [0.15, 0.2) is 0 Å². The monoisotopic (exact) mass is 485 g/mol. The molecule has 1 heterocycles. The number of aliphatic imine (C=N–C) groups is 1. The number of hydrogen-bond acceptors (Lipinski definition) is 14. The summed E-state index contributed by atoms with van der Waals surface area (Å²) < 4.78 is 15.3. The van der Waals surface area contributed by atoms with Crippen molar-refractivity contribution in [2.75, 3.05) is 39.6 Å². The summed E-state index contributed by atoms with van der Waals surface area (Å²) >= 11 is 0. The minimum absolute atomic E-state index is 0.0664. The van der Waals surface area contributed by atoms with E-state index in [0.29, 0.717) is 0 Å². The number of aliphatic hydroxyl groups is 9. The predicted molar refractivity (Wildman–Crippen MR) is 109 cm³/mol. The lowest BCUT2D eigenvalue weighted by molar-refractivity contribution is -0.240. The number of rotatable bonds is 14. The fourth-order valence-electron chi connectivity index (χ4n) is 3.05. The molecule has 0 aromatic carbocycles. The van der Waals surface area contributed by atoms with Crippen molar-refractivity contribution in [1.82, 2.24) is 0 Å². The summed E-state index contributed by atoms with van der Waals surface area (Å²) in [6.07, 6.45) is -12.0. The lowest BCUT2D eigenvalue weighted by Crippen LogP contribution is -2.59. The molecule has 0 aliphatic carbocycles. The molecule has 9 N–H and O–H groups in total. The lowest BCUT2D eigenvalue weighted by atomic mass is 9.93. The third-order valence-electron chi connectivity index (χ3n) is 5.12. The summed E-state index contributed by atoms with van der Waals surface area (Å²) in [6, 6.07) is 0. The molecule has 5 unspecified atom stereocenters. The molecule has 14 nitrogen and oxygen atoms in total. The maximum atomic E-state index is 11.1.